The third-order valence-electron chi connectivity index (χ3n) is 5.21. The summed E-state index contributed by atoms with van der Waals surface area (Å²) in [6.45, 7) is 2.02. The SMILES string of the molecule is Fc1cc(-c2ccc(NC3CCNCC3)nn2)c2[nH]ncc2c1-c1cc[nH]c1. The number of hydrogen-bond acceptors (Lipinski definition) is 5. The number of H-pyrrole nitrogens is 2. The molecule has 8 heteroatoms. The Hall–Kier alpha value is -3.26. The van der Waals surface area contributed by atoms with Crippen LogP contribution in [0.4, 0.5) is 10.2 Å². The van der Waals surface area contributed by atoms with Crippen molar-refractivity contribution in [3.8, 4) is 22.4 Å². The maximum atomic E-state index is 15.0. The van der Waals surface area contributed by atoms with Gasteiger partial charge >= 0.3 is 0 Å². The van der Waals surface area contributed by atoms with Crippen LogP contribution in [-0.4, -0.2) is 44.5 Å². The minimum atomic E-state index is -0.317. The van der Waals surface area contributed by atoms with E-state index >= 15 is 0 Å². The van der Waals surface area contributed by atoms with E-state index in [1.807, 2.05) is 18.2 Å². The second kappa shape index (κ2) is 7.05. The van der Waals surface area contributed by atoms with Crippen LogP contribution < -0.4 is 10.6 Å². The van der Waals surface area contributed by atoms with Crippen LogP contribution in [0.5, 0.6) is 0 Å². The molecule has 1 aliphatic heterocycles. The van der Waals surface area contributed by atoms with E-state index in [1.54, 1.807) is 18.6 Å². The first-order valence-corrected chi connectivity index (χ1v) is 9.40. The maximum Gasteiger partial charge on any atom is 0.148 e. The van der Waals surface area contributed by atoms with Gasteiger partial charge in [-0.15, -0.1) is 10.2 Å². The molecule has 0 bridgehead atoms. The summed E-state index contributed by atoms with van der Waals surface area (Å²) >= 11 is 0. The molecule has 0 saturated carbocycles. The lowest BCUT2D eigenvalue weighted by atomic mass is 9.99. The molecular weight excluding hydrogens is 357 g/mol. The Morgan fingerprint density at radius 2 is 2.00 bits per heavy atom. The molecule has 1 saturated heterocycles. The summed E-state index contributed by atoms with van der Waals surface area (Å²) in [6, 6.07) is 7.49. The highest BCUT2D eigenvalue weighted by Crippen LogP contribution is 2.36. The Kier molecular flexibility index (Phi) is 4.25. The zero-order chi connectivity index (χ0) is 18.9. The van der Waals surface area contributed by atoms with Crippen LogP contribution in [0.15, 0.2) is 42.9 Å². The number of benzene rings is 1. The number of fused-ring (bicyclic) bond motifs is 1. The van der Waals surface area contributed by atoms with Gasteiger partial charge in [-0.05, 0) is 50.2 Å². The Labute approximate surface area is 160 Å². The Bertz CT molecular complexity index is 1080. The molecule has 0 aliphatic carbocycles. The number of nitrogens with one attached hydrogen (secondary N) is 4. The van der Waals surface area contributed by atoms with Crippen molar-refractivity contribution in [3.05, 3.63) is 48.7 Å². The number of aromatic amines is 2. The van der Waals surface area contributed by atoms with Gasteiger partial charge in [-0.3, -0.25) is 5.10 Å². The summed E-state index contributed by atoms with van der Waals surface area (Å²) in [6.07, 6.45) is 7.30. The van der Waals surface area contributed by atoms with Crippen molar-refractivity contribution in [2.75, 3.05) is 18.4 Å². The fourth-order valence-electron chi connectivity index (χ4n) is 3.78. The molecule has 0 atom stereocenters. The molecule has 1 aliphatic rings. The number of nitrogens with zero attached hydrogens (tertiary/aromatic N) is 3. The zero-order valence-electron chi connectivity index (χ0n) is 15.2. The first kappa shape index (κ1) is 16.9. The normalized spacial score (nSPS) is 15.2. The van der Waals surface area contributed by atoms with Gasteiger partial charge in [0.05, 0.1) is 17.4 Å². The smallest absolute Gasteiger partial charge is 0.148 e. The van der Waals surface area contributed by atoms with Crippen LogP contribution in [0, 0.1) is 5.82 Å². The molecule has 0 radical (unpaired) electrons. The van der Waals surface area contributed by atoms with Crippen molar-refractivity contribution in [3.63, 3.8) is 0 Å². The second-order valence-corrected chi connectivity index (χ2v) is 7.01. The molecule has 4 N–H and O–H groups in total. The molecule has 5 rings (SSSR count). The predicted molar refractivity (Wildman–Crippen MR) is 106 cm³/mol. The van der Waals surface area contributed by atoms with Gasteiger partial charge in [0.1, 0.15) is 11.6 Å². The highest BCUT2D eigenvalue weighted by molar-refractivity contribution is 6.02. The average molecular weight is 377 g/mol. The molecule has 1 fully saturated rings. The lowest BCUT2D eigenvalue weighted by molar-refractivity contribution is 0.478. The lowest BCUT2D eigenvalue weighted by Crippen LogP contribution is -2.35. The van der Waals surface area contributed by atoms with Crippen molar-refractivity contribution in [2.24, 2.45) is 0 Å². The van der Waals surface area contributed by atoms with Crippen molar-refractivity contribution < 1.29 is 4.39 Å². The van der Waals surface area contributed by atoms with E-state index in [0.29, 0.717) is 28.2 Å². The van der Waals surface area contributed by atoms with Gasteiger partial charge in [-0.1, -0.05) is 0 Å². The molecule has 4 heterocycles. The van der Waals surface area contributed by atoms with Crippen LogP contribution in [0.1, 0.15) is 12.8 Å². The fourth-order valence-corrected chi connectivity index (χ4v) is 3.78. The van der Waals surface area contributed by atoms with E-state index in [2.05, 4.69) is 36.0 Å². The number of halogens is 1. The van der Waals surface area contributed by atoms with Crippen LogP contribution in [-0.2, 0) is 0 Å². The summed E-state index contributed by atoms with van der Waals surface area (Å²) in [5.74, 6) is 0.420. The van der Waals surface area contributed by atoms with Crippen LogP contribution in [0.25, 0.3) is 33.3 Å². The van der Waals surface area contributed by atoms with Gasteiger partial charge in [-0.25, -0.2) is 4.39 Å². The monoisotopic (exact) mass is 377 g/mol. The molecule has 28 heavy (non-hydrogen) atoms. The topological polar surface area (TPSA) is 94.3 Å². The average Bonchev–Trinajstić information content (AvgIpc) is 3.41. The number of piperidine rings is 1. The zero-order valence-corrected chi connectivity index (χ0v) is 15.2. The van der Waals surface area contributed by atoms with Gasteiger partial charge in [0.25, 0.3) is 0 Å². The maximum absolute atomic E-state index is 15.0. The molecule has 142 valence electrons. The largest absolute Gasteiger partial charge is 0.367 e. The fraction of sp³-hybridized carbons (Fsp3) is 0.250. The molecule has 0 spiro atoms. The van der Waals surface area contributed by atoms with Gasteiger partial charge in [0.15, 0.2) is 0 Å². The molecular formula is C20H20FN7. The van der Waals surface area contributed by atoms with Gasteiger partial charge < -0.3 is 15.6 Å². The van der Waals surface area contributed by atoms with Crippen molar-refractivity contribution in [1.82, 2.24) is 30.7 Å². The predicted octanol–water partition coefficient (Wildman–Crippen LogP) is 3.32. The van der Waals surface area contributed by atoms with E-state index in [-0.39, 0.29) is 5.82 Å². The summed E-state index contributed by atoms with van der Waals surface area (Å²) in [7, 11) is 0. The van der Waals surface area contributed by atoms with E-state index in [0.717, 1.165) is 42.8 Å². The minimum Gasteiger partial charge on any atom is -0.367 e. The Balaban J connectivity index is 1.49. The molecule has 4 aromatic rings. The third kappa shape index (κ3) is 3.01. The van der Waals surface area contributed by atoms with E-state index < -0.39 is 0 Å². The van der Waals surface area contributed by atoms with Crippen molar-refractivity contribution in [2.45, 2.75) is 18.9 Å². The molecule has 0 unspecified atom stereocenters. The number of rotatable bonds is 4. The molecule has 7 nitrogen and oxygen atoms in total. The van der Waals surface area contributed by atoms with Gasteiger partial charge in [-0.2, -0.15) is 5.10 Å². The molecule has 0 amide bonds. The minimum absolute atomic E-state index is 0.317. The quantitative estimate of drug-likeness (QED) is 0.438. The van der Waals surface area contributed by atoms with Crippen LogP contribution >= 0.6 is 0 Å². The Morgan fingerprint density at radius 1 is 1.11 bits per heavy atom. The molecule has 1 aromatic carbocycles. The first-order valence-electron chi connectivity index (χ1n) is 9.40. The van der Waals surface area contributed by atoms with Crippen molar-refractivity contribution in [1.29, 1.82) is 0 Å². The van der Waals surface area contributed by atoms with Crippen molar-refractivity contribution >= 4 is 16.7 Å². The van der Waals surface area contributed by atoms with E-state index in [4.69, 9.17) is 0 Å². The summed E-state index contributed by atoms with van der Waals surface area (Å²) in [5.41, 5.74) is 3.29. The Morgan fingerprint density at radius 3 is 2.75 bits per heavy atom. The number of aromatic nitrogens is 5. The number of hydrogen-bond donors (Lipinski definition) is 4. The number of anilines is 1. The highest BCUT2D eigenvalue weighted by atomic mass is 19.1. The van der Waals surface area contributed by atoms with E-state index in [1.165, 1.54) is 6.07 Å². The van der Waals surface area contributed by atoms with Crippen LogP contribution in [0.3, 0.4) is 0 Å². The summed E-state index contributed by atoms with van der Waals surface area (Å²) in [5, 5.41) is 23.2. The standard InChI is InChI=1S/C20H20FN7/c21-16-9-14(20-15(11-24-28-20)19(16)12-3-6-23-10-12)17-1-2-18(27-26-17)25-13-4-7-22-8-5-13/h1-3,6,9-11,13,22-23H,4-5,7-8H2,(H,24,28)(H,25,27). The highest BCUT2D eigenvalue weighted by Gasteiger charge is 2.18. The van der Waals surface area contributed by atoms with E-state index in [9.17, 15) is 4.39 Å². The van der Waals surface area contributed by atoms with Crippen LogP contribution in [0.2, 0.25) is 0 Å². The second-order valence-electron chi connectivity index (χ2n) is 7.01. The lowest BCUT2D eigenvalue weighted by Gasteiger charge is -2.23. The van der Waals surface area contributed by atoms with Gasteiger partial charge in [0.2, 0.25) is 0 Å². The summed E-state index contributed by atoms with van der Waals surface area (Å²) < 4.78 is 15.0. The first-order chi connectivity index (χ1) is 13.8. The summed E-state index contributed by atoms with van der Waals surface area (Å²) in [4.78, 5) is 2.97. The van der Waals surface area contributed by atoms with Gasteiger partial charge in [0, 0.05) is 40.5 Å². The third-order valence-corrected chi connectivity index (χ3v) is 5.21. The molecule has 3 aromatic heterocycles.